The lowest BCUT2D eigenvalue weighted by Crippen LogP contribution is -2.12. The third-order valence-corrected chi connectivity index (χ3v) is 5.15. The van der Waals surface area contributed by atoms with Crippen LogP contribution in [0.2, 0.25) is 5.02 Å². The van der Waals surface area contributed by atoms with Crippen LogP contribution in [0.3, 0.4) is 0 Å². The van der Waals surface area contributed by atoms with Crippen LogP contribution in [-0.2, 0) is 9.84 Å². The largest absolute Gasteiger partial charge is 0.294 e. The molecule has 2 rings (SSSR count). The monoisotopic (exact) mass is 326 g/mol. The topological polar surface area (TPSA) is 51.2 Å². The van der Waals surface area contributed by atoms with E-state index in [9.17, 15) is 17.6 Å². The Morgan fingerprint density at radius 2 is 1.67 bits per heavy atom. The van der Waals surface area contributed by atoms with E-state index < -0.39 is 15.7 Å². The van der Waals surface area contributed by atoms with Gasteiger partial charge in [-0.1, -0.05) is 23.7 Å². The summed E-state index contributed by atoms with van der Waals surface area (Å²) < 4.78 is 37.1. The quantitative estimate of drug-likeness (QED) is 0.790. The molecular weight excluding hydrogens is 315 g/mol. The highest BCUT2D eigenvalue weighted by molar-refractivity contribution is 7.91. The number of hydrogen-bond acceptors (Lipinski definition) is 3. The van der Waals surface area contributed by atoms with Crippen LogP contribution in [0.4, 0.5) is 4.39 Å². The molecule has 0 saturated carbocycles. The predicted molar refractivity (Wildman–Crippen MR) is 78.9 cm³/mol. The highest BCUT2D eigenvalue weighted by atomic mass is 35.5. The fraction of sp³-hybridized carbons (Fsp3) is 0.133. The Morgan fingerprint density at radius 3 is 2.29 bits per heavy atom. The molecule has 0 N–H and O–H groups in total. The van der Waals surface area contributed by atoms with Crippen LogP contribution in [-0.4, -0.2) is 20.0 Å². The summed E-state index contributed by atoms with van der Waals surface area (Å²) in [6.07, 6.45) is -0.181. The van der Waals surface area contributed by atoms with Crippen LogP contribution in [0, 0.1) is 5.82 Å². The lowest BCUT2D eigenvalue weighted by molar-refractivity contribution is 0.0988. The molecule has 6 heteroatoms. The van der Waals surface area contributed by atoms with Gasteiger partial charge in [0.1, 0.15) is 5.82 Å². The van der Waals surface area contributed by atoms with E-state index in [4.69, 9.17) is 11.6 Å². The first-order valence-corrected chi connectivity index (χ1v) is 8.19. The van der Waals surface area contributed by atoms with Gasteiger partial charge in [-0.2, -0.15) is 0 Å². The number of halogens is 2. The van der Waals surface area contributed by atoms with Gasteiger partial charge in [0.05, 0.1) is 15.7 Å². The molecule has 0 aliphatic heterocycles. The van der Waals surface area contributed by atoms with Crippen molar-refractivity contribution in [1.82, 2.24) is 0 Å². The maximum Gasteiger partial charge on any atom is 0.180 e. The molecule has 0 atom stereocenters. The number of rotatable bonds is 5. The fourth-order valence-corrected chi connectivity index (χ4v) is 3.63. The Hall–Kier alpha value is -1.72. The molecule has 3 nitrogen and oxygen atoms in total. The minimum atomic E-state index is -3.63. The third-order valence-electron chi connectivity index (χ3n) is 2.94. The SMILES string of the molecule is O=C(CCS(=O)(=O)c1ccccc1Cl)c1ccc(F)cc1. The van der Waals surface area contributed by atoms with Gasteiger partial charge in [0, 0.05) is 12.0 Å². The molecule has 21 heavy (non-hydrogen) atoms. The summed E-state index contributed by atoms with van der Waals surface area (Å²) in [5.74, 6) is -1.15. The molecule has 0 radical (unpaired) electrons. The van der Waals surface area contributed by atoms with Gasteiger partial charge < -0.3 is 0 Å². The summed E-state index contributed by atoms with van der Waals surface area (Å²) in [7, 11) is -3.63. The number of Topliss-reactive ketones (excluding diaryl/α,β-unsaturated/α-hetero) is 1. The van der Waals surface area contributed by atoms with Crippen LogP contribution in [0.25, 0.3) is 0 Å². The van der Waals surface area contributed by atoms with E-state index in [1.807, 2.05) is 0 Å². The predicted octanol–water partition coefficient (Wildman–Crippen LogP) is 3.53. The van der Waals surface area contributed by atoms with Crippen molar-refractivity contribution >= 4 is 27.2 Å². The number of carbonyl (C=O) groups is 1. The van der Waals surface area contributed by atoms with Crippen molar-refractivity contribution in [2.75, 3.05) is 5.75 Å². The zero-order valence-electron chi connectivity index (χ0n) is 10.9. The number of sulfone groups is 1. The van der Waals surface area contributed by atoms with Gasteiger partial charge in [-0.15, -0.1) is 0 Å². The Balaban J connectivity index is 2.10. The van der Waals surface area contributed by atoms with Crippen LogP contribution >= 0.6 is 11.6 Å². The van der Waals surface area contributed by atoms with E-state index in [2.05, 4.69) is 0 Å². The second-order valence-electron chi connectivity index (χ2n) is 4.43. The number of carbonyl (C=O) groups excluding carboxylic acids is 1. The smallest absolute Gasteiger partial charge is 0.180 e. The molecule has 0 aliphatic rings. The summed E-state index contributed by atoms with van der Waals surface area (Å²) in [4.78, 5) is 11.9. The molecular formula is C15H12ClFO3S. The van der Waals surface area contributed by atoms with E-state index in [-0.39, 0.29) is 33.4 Å². The van der Waals surface area contributed by atoms with Crippen molar-refractivity contribution < 1.29 is 17.6 Å². The average molecular weight is 327 g/mol. The molecule has 2 aromatic rings. The summed E-state index contributed by atoms with van der Waals surface area (Å²) >= 11 is 5.85. The Kier molecular flexibility index (Phi) is 4.75. The number of benzene rings is 2. The minimum absolute atomic E-state index is 0.0126. The van der Waals surface area contributed by atoms with Crippen molar-refractivity contribution in [3.63, 3.8) is 0 Å². The Morgan fingerprint density at radius 1 is 1.05 bits per heavy atom. The van der Waals surface area contributed by atoms with Crippen LogP contribution in [0.15, 0.2) is 53.4 Å². The maximum absolute atomic E-state index is 12.8. The molecule has 0 fully saturated rings. The van der Waals surface area contributed by atoms with Gasteiger partial charge in [-0.25, -0.2) is 12.8 Å². The first-order valence-electron chi connectivity index (χ1n) is 6.16. The van der Waals surface area contributed by atoms with Gasteiger partial charge in [-0.3, -0.25) is 4.79 Å². The van der Waals surface area contributed by atoms with Crippen molar-refractivity contribution in [1.29, 1.82) is 0 Å². The fourth-order valence-electron chi connectivity index (χ4n) is 1.81. The molecule has 0 aromatic heterocycles. The van der Waals surface area contributed by atoms with E-state index in [1.165, 1.54) is 24.3 Å². The van der Waals surface area contributed by atoms with Crippen molar-refractivity contribution in [2.45, 2.75) is 11.3 Å². The van der Waals surface area contributed by atoms with Gasteiger partial charge in [0.15, 0.2) is 15.6 Å². The summed E-state index contributed by atoms with van der Waals surface area (Å²) in [6.45, 7) is 0. The Bertz CT molecular complexity index is 755. The standard InChI is InChI=1S/C15H12ClFO3S/c16-13-3-1-2-4-15(13)21(19,20)10-9-14(18)11-5-7-12(17)8-6-11/h1-8H,9-10H2. The average Bonchev–Trinajstić information content (AvgIpc) is 2.46. The van der Waals surface area contributed by atoms with Gasteiger partial charge in [0.2, 0.25) is 0 Å². The summed E-state index contributed by atoms with van der Waals surface area (Å²) in [5.41, 5.74) is 0.283. The highest BCUT2D eigenvalue weighted by Gasteiger charge is 2.19. The number of hydrogen-bond donors (Lipinski definition) is 0. The van der Waals surface area contributed by atoms with Crippen LogP contribution in [0.5, 0.6) is 0 Å². The molecule has 0 aliphatic carbocycles. The van der Waals surface area contributed by atoms with E-state index in [1.54, 1.807) is 12.1 Å². The molecule has 0 spiro atoms. The second-order valence-corrected chi connectivity index (χ2v) is 6.91. The third kappa shape index (κ3) is 3.89. The van der Waals surface area contributed by atoms with E-state index in [0.717, 1.165) is 12.1 Å². The number of ketones is 1. The molecule has 0 unspecified atom stereocenters. The normalized spacial score (nSPS) is 11.3. The van der Waals surface area contributed by atoms with Crippen LogP contribution in [0.1, 0.15) is 16.8 Å². The van der Waals surface area contributed by atoms with Gasteiger partial charge in [0.25, 0.3) is 0 Å². The first-order chi connectivity index (χ1) is 9.90. The summed E-state index contributed by atoms with van der Waals surface area (Å²) in [5, 5.41) is 0.131. The van der Waals surface area contributed by atoms with Crippen molar-refractivity contribution in [2.24, 2.45) is 0 Å². The van der Waals surface area contributed by atoms with Gasteiger partial charge >= 0.3 is 0 Å². The van der Waals surface area contributed by atoms with Crippen molar-refractivity contribution in [3.05, 3.63) is 64.9 Å². The lowest BCUT2D eigenvalue weighted by atomic mass is 10.1. The summed E-state index contributed by atoms with van der Waals surface area (Å²) in [6, 6.07) is 11.1. The Labute approximate surface area is 127 Å². The maximum atomic E-state index is 12.8. The lowest BCUT2D eigenvalue weighted by Gasteiger charge is -2.06. The van der Waals surface area contributed by atoms with Crippen LogP contribution < -0.4 is 0 Å². The highest BCUT2D eigenvalue weighted by Crippen LogP contribution is 2.22. The second kappa shape index (κ2) is 6.37. The molecule has 2 aromatic carbocycles. The molecule has 0 saturated heterocycles. The minimum Gasteiger partial charge on any atom is -0.294 e. The first kappa shape index (κ1) is 15.7. The zero-order valence-corrected chi connectivity index (χ0v) is 12.5. The van der Waals surface area contributed by atoms with E-state index >= 15 is 0 Å². The molecule has 0 bridgehead atoms. The van der Waals surface area contributed by atoms with Gasteiger partial charge in [-0.05, 0) is 36.4 Å². The zero-order chi connectivity index (χ0) is 15.5. The molecule has 0 amide bonds. The van der Waals surface area contributed by atoms with E-state index in [0.29, 0.717) is 0 Å². The molecule has 0 heterocycles. The van der Waals surface area contributed by atoms with Crippen molar-refractivity contribution in [3.8, 4) is 0 Å². The molecule has 110 valence electrons.